The van der Waals surface area contributed by atoms with Crippen LogP contribution in [-0.4, -0.2) is 15.5 Å². The molecule has 0 fully saturated rings. The van der Waals surface area contributed by atoms with E-state index in [0.29, 0.717) is 17.5 Å². The molecule has 2 aromatic rings. The average molecular weight is 341 g/mol. The van der Waals surface area contributed by atoms with Crippen LogP contribution in [0.3, 0.4) is 0 Å². The Labute approximate surface area is 151 Å². The number of aromatic nitrogens is 2. The Morgan fingerprint density at radius 3 is 2.52 bits per heavy atom. The molecule has 1 atom stereocenters. The topological polar surface area (TPSA) is 60.9 Å². The zero-order valence-electron chi connectivity index (χ0n) is 16.2. The number of carbonyl (C=O) groups excluding carboxylic acids is 1. The molecule has 0 aliphatic heterocycles. The first-order valence-electron chi connectivity index (χ1n) is 9.33. The van der Waals surface area contributed by atoms with Crippen LogP contribution in [-0.2, 0) is 6.42 Å². The maximum atomic E-state index is 12.3. The standard InChI is InChI=1S/C21H31N3O/c1-6-7-8-11-18-20(17-10-9-12-23-13-17)19(21(22)25)16(5)24(18)15(4)14(2)3/h9-10,12-15H,6-8,11H2,1-5H3,(H2,22,25). The summed E-state index contributed by atoms with van der Waals surface area (Å²) in [4.78, 5) is 16.5. The summed E-state index contributed by atoms with van der Waals surface area (Å²) in [5.41, 5.74) is 10.6. The highest BCUT2D eigenvalue weighted by atomic mass is 16.1. The highest BCUT2D eigenvalue weighted by molar-refractivity contribution is 6.02. The van der Waals surface area contributed by atoms with Crippen LogP contribution in [0.1, 0.15) is 74.7 Å². The lowest BCUT2D eigenvalue weighted by molar-refractivity contribution is 0.1000. The summed E-state index contributed by atoms with van der Waals surface area (Å²) in [6.45, 7) is 10.9. The van der Waals surface area contributed by atoms with E-state index in [-0.39, 0.29) is 5.91 Å². The van der Waals surface area contributed by atoms with E-state index >= 15 is 0 Å². The summed E-state index contributed by atoms with van der Waals surface area (Å²) < 4.78 is 2.34. The van der Waals surface area contributed by atoms with Gasteiger partial charge < -0.3 is 10.3 Å². The van der Waals surface area contributed by atoms with E-state index in [1.807, 2.05) is 25.3 Å². The van der Waals surface area contributed by atoms with E-state index in [1.165, 1.54) is 18.5 Å². The fraction of sp³-hybridized carbons (Fsp3) is 0.524. The van der Waals surface area contributed by atoms with Gasteiger partial charge in [-0.3, -0.25) is 9.78 Å². The van der Waals surface area contributed by atoms with Crippen molar-refractivity contribution in [1.29, 1.82) is 0 Å². The molecule has 2 aromatic heterocycles. The van der Waals surface area contributed by atoms with Crippen LogP contribution in [0, 0.1) is 12.8 Å². The third-order valence-corrected chi connectivity index (χ3v) is 5.14. The van der Waals surface area contributed by atoms with Crippen molar-refractivity contribution in [2.24, 2.45) is 11.7 Å². The highest BCUT2D eigenvalue weighted by Crippen LogP contribution is 2.37. The number of amides is 1. The third kappa shape index (κ3) is 3.94. The van der Waals surface area contributed by atoms with Gasteiger partial charge in [-0.05, 0) is 38.7 Å². The molecule has 0 aliphatic carbocycles. The number of primary amides is 1. The van der Waals surface area contributed by atoms with E-state index in [9.17, 15) is 4.79 Å². The Bertz CT molecular complexity index is 716. The average Bonchev–Trinajstić information content (AvgIpc) is 2.87. The SMILES string of the molecule is CCCCCc1c(-c2cccnc2)c(C(N)=O)c(C)n1C(C)C(C)C. The van der Waals surface area contributed by atoms with Crippen LogP contribution in [0.15, 0.2) is 24.5 Å². The van der Waals surface area contributed by atoms with Gasteiger partial charge in [-0.25, -0.2) is 0 Å². The summed E-state index contributed by atoms with van der Waals surface area (Å²) in [5.74, 6) is 0.112. The third-order valence-electron chi connectivity index (χ3n) is 5.14. The molecule has 2 heterocycles. The number of nitrogens with two attached hydrogens (primary N) is 1. The van der Waals surface area contributed by atoms with Gasteiger partial charge in [0.05, 0.1) is 5.56 Å². The van der Waals surface area contributed by atoms with Crippen molar-refractivity contribution in [3.8, 4) is 11.1 Å². The van der Waals surface area contributed by atoms with Gasteiger partial charge in [-0.2, -0.15) is 0 Å². The first-order chi connectivity index (χ1) is 11.9. The van der Waals surface area contributed by atoms with Gasteiger partial charge in [0, 0.05) is 41.0 Å². The lowest BCUT2D eigenvalue weighted by Gasteiger charge is -2.23. The molecule has 0 radical (unpaired) electrons. The normalized spacial score (nSPS) is 12.6. The zero-order valence-corrected chi connectivity index (χ0v) is 16.2. The van der Waals surface area contributed by atoms with Crippen molar-refractivity contribution < 1.29 is 4.79 Å². The van der Waals surface area contributed by atoms with E-state index in [0.717, 1.165) is 29.7 Å². The second-order valence-corrected chi connectivity index (χ2v) is 7.20. The molecular formula is C21H31N3O. The fourth-order valence-corrected chi connectivity index (χ4v) is 3.53. The quantitative estimate of drug-likeness (QED) is 0.694. The smallest absolute Gasteiger partial charge is 0.251 e. The van der Waals surface area contributed by atoms with Crippen molar-refractivity contribution in [1.82, 2.24) is 9.55 Å². The molecule has 1 unspecified atom stereocenters. The molecule has 1 amide bonds. The predicted molar refractivity (Wildman–Crippen MR) is 104 cm³/mol. The van der Waals surface area contributed by atoms with Gasteiger partial charge in [0.1, 0.15) is 0 Å². The maximum Gasteiger partial charge on any atom is 0.251 e. The van der Waals surface area contributed by atoms with Crippen molar-refractivity contribution in [2.75, 3.05) is 0 Å². The highest BCUT2D eigenvalue weighted by Gasteiger charge is 2.27. The second kappa shape index (κ2) is 8.32. The summed E-state index contributed by atoms with van der Waals surface area (Å²) in [6.07, 6.45) is 7.99. The van der Waals surface area contributed by atoms with E-state index < -0.39 is 0 Å². The molecule has 25 heavy (non-hydrogen) atoms. The first-order valence-corrected chi connectivity index (χ1v) is 9.33. The lowest BCUT2D eigenvalue weighted by Crippen LogP contribution is -2.17. The number of pyridine rings is 1. The van der Waals surface area contributed by atoms with Gasteiger partial charge in [0.25, 0.3) is 5.91 Å². The summed E-state index contributed by atoms with van der Waals surface area (Å²) >= 11 is 0. The Kier molecular flexibility index (Phi) is 6.40. The van der Waals surface area contributed by atoms with Gasteiger partial charge >= 0.3 is 0 Å². The zero-order chi connectivity index (χ0) is 18.6. The van der Waals surface area contributed by atoms with Crippen LogP contribution in [0.2, 0.25) is 0 Å². The Hall–Kier alpha value is -2.10. The largest absolute Gasteiger partial charge is 0.366 e. The number of unbranched alkanes of at least 4 members (excludes halogenated alkanes) is 2. The molecular weight excluding hydrogens is 310 g/mol. The summed E-state index contributed by atoms with van der Waals surface area (Å²) in [6, 6.07) is 4.23. The minimum atomic E-state index is -0.359. The molecule has 2 rings (SSSR count). The Balaban J connectivity index is 2.73. The van der Waals surface area contributed by atoms with Crippen LogP contribution in [0.4, 0.5) is 0 Å². The van der Waals surface area contributed by atoms with E-state index in [1.54, 1.807) is 6.20 Å². The molecule has 2 N–H and O–H groups in total. The van der Waals surface area contributed by atoms with Crippen molar-refractivity contribution in [2.45, 2.75) is 66.3 Å². The number of rotatable bonds is 8. The molecule has 4 heteroatoms. The van der Waals surface area contributed by atoms with Gasteiger partial charge in [-0.1, -0.05) is 39.7 Å². The molecule has 4 nitrogen and oxygen atoms in total. The molecule has 0 saturated heterocycles. The fourth-order valence-electron chi connectivity index (χ4n) is 3.53. The molecule has 0 aromatic carbocycles. The number of hydrogen-bond acceptors (Lipinski definition) is 2. The summed E-state index contributed by atoms with van der Waals surface area (Å²) in [7, 11) is 0. The molecule has 0 spiro atoms. The van der Waals surface area contributed by atoms with Crippen molar-refractivity contribution in [3.05, 3.63) is 41.5 Å². The van der Waals surface area contributed by atoms with Gasteiger partial charge in [0.2, 0.25) is 0 Å². The van der Waals surface area contributed by atoms with Crippen LogP contribution in [0.5, 0.6) is 0 Å². The van der Waals surface area contributed by atoms with Crippen LogP contribution in [0.25, 0.3) is 11.1 Å². The molecule has 136 valence electrons. The van der Waals surface area contributed by atoms with Gasteiger partial charge in [0.15, 0.2) is 0 Å². The van der Waals surface area contributed by atoms with E-state index in [4.69, 9.17) is 5.73 Å². The van der Waals surface area contributed by atoms with Crippen LogP contribution >= 0.6 is 0 Å². The number of hydrogen-bond donors (Lipinski definition) is 1. The maximum absolute atomic E-state index is 12.3. The van der Waals surface area contributed by atoms with Crippen molar-refractivity contribution in [3.63, 3.8) is 0 Å². The minimum Gasteiger partial charge on any atom is -0.366 e. The summed E-state index contributed by atoms with van der Waals surface area (Å²) in [5, 5.41) is 0. The number of carbonyl (C=O) groups is 1. The van der Waals surface area contributed by atoms with Crippen LogP contribution < -0.4 is 5.73 Å². The minimum absolute atomic E-state index is 0.306. The number of nitrogens with zero attached hydrogens (tertiary/aromatic N) is 2. The Morgan fingerprint density at radius 2 is 2.00 bits per heavy atom. The molecule has 0 aliphatic rings. The second-order valence-electron chi connectivity index (χ2n) is 7.20. The Morgan fingerprint density at radius 1 is 1.28 bits per heavy atom. The monoisotopic (exact) mass is 341 g/mol. The van der Waals surface area contributed by atoms with E-state index in [2.05, 4.69) is 37.2 Å². The van der Waals surface area contributed by atoms with Crippen molar-refractivity contribution >= 4 is 5.91 Å². The van der Waals surface area contributed by atoms with Gasteiger partial charge in [-0.15, -0.1) is 0 Å². The predicted octanol–water partition coefficient (Wildman–Crippen LogP) is 4.91. The first kappa shape index (κ1) is 19.2. The molecule has 0 saturated carbocycles. The molecule has 0 bridgehead atoms. The lowest BCUT2D eigenvalue weighted by atomic mass is 9.98.